The summed E-state index contributed by atoms with van der Waals surface area (Å²) in [6, 6.07) is 5.81. The van der Waals surface area contributed by atoms with Crippen LogP contribution < -0.4 is 10.5 Å². The number of nitriles is 1. The number of benzene rings is 1. The van der Waals surface area contributed by atoms with Crippen LogP contribution in [0, 0.1) is 17.2 Å². The number of sulfonamides is 1. The van der Waals surface area contributed by atoms with Gasteiger partial charge in [-0.25, -0.2) is 13.1 Å². The van der Waals surface area contributed by atoms with E-state index in [1.807, 2.05) is 6.07 Å². The lowest BCUT2D eigenvalue weighted by Crippen LogP contribution is -2.45. The van der Waals surface area contributed by atoms with E-state index in [2.05, 4.69) is 4.72 Å². The predicted molar refractivity (Wildman–Crippen MR) is 93.2 cm³/mol. The van der Waals surface area contributed by atoms with E-state index in [1.165, 1.54) is 24.6 Å². The second kappa shape index (κ2) is 8.86. The van der Waals surface area contributed by atoms with E-state index >= 15 is 0 Å². The molecule has 0 radical (unpaired) electrons. The van der Waals surface area contributed by atoms with Crippen LogP contribution in [0.15, 0.2) is 23.1 Å². The van der Waals surface area contributed by atoms with Crippen molar-refractivity contribution in [2.75, 3.05) is 6.54 Å². The standard InChI is InChI=1S/C15H20ClN3O2S.ClH/c16-13-8-11(9-17)6-7-15(13)22(20,21)19-14(10-18)12-4-2-1-3-5-12;/h6-8,12,14,19H,1-5,10,18H2;1H. The fourth-order valence-electron chi connectivity index (χ4n) is 2.92. The minimum absolute atomic E-state index is 0. The van der Waals surface area contributed by atoms with Crippen LogP contribution >= 0.6 is 24.0 Å². The van der Waals surface area contributed by atoms with Gasteiger partial charge in [0.25, 0.3) is 0 Å². The Morgan fingerprint density at radius 2 is 2.00 bits per heavy atom. The van der Waals surface area contributed by atoms with Crippen molar-refractivity contribution in [1.29, 1.82) is 5.26 Å². The molecule has 1 aromatic rings. The summed E-state index contributed by atoms with van der Waals surface area (Å²) in [6.45, 7) is 0.262. The maximum atomic E-state index is 12.5. The van der Waals surface area contributed by atoms with Gasteiger partial charge < -0.3 is 5.73 Å². The van der Waals surface area contributed by atoms with Gasteiger partial charge in [-0.2, -0.15) is 5.26 Å². The topological polar surface area (TPSA) is 96.0 Å². The first-order chi connectivity index (χ1) is 10.5. The molecule has 0 heterocycles. The van der Waals surface area contributed by atoms with Gasteiger partial charge in [-0.15, -0.1) is 12.4 Å². The Bertz CT molecular complexity index is 668. The van der Waals surface area contributed by atoms with Gasteiger partial charge in [0.05, 0.1) is 16.7 Å². The minimum Gasteiger partial charge on any atom is -0.329 e. The highest BCUT2D eigenvalue weighted by molar-refractivity contribution is 7.89. The SMILES string of the molecule is Cl.N#Cc1ccc(S(=O)(=O)NC(CN)C2CCCCC2)c(Cl)c1. The molecule has 1 unspecified atom stereocenters. The Hall–Kier alpha value is -0.840. The van der Waals surface area contributed by atoms with E-state index in [1.54, 1.807) is 0 Å². The summed E-state index contributed by atoms with van der Waals surface area (Å²) in [5.41, 5.74) is 6.10. The van der Waals surface area contributed by atoms with Crippen LogP contribution in [0.5, 0.6) is 0 Å². The minimum atomic E-state index is -3.75. The third-order valence-corrected chi connectivity index (χ3v) is 6.10. The summed E-state index contributed by atoms with van der Waals surface area (Å²) in [4.78, 5) is -0.0116. The monoisotopic (exact) mass is 377 g/mol. The van der Waals surface area contributed by atoms with Crippen LogP contribution in [0.25, 0.3) is 0 Å². The van der Waals surface area contributed by atoms with Crippen molar-refractivity contribution in [2.24, 2.45) is 11.7 Å². The highest BCUT2D eigenvalue weighted by Gasteiger charge is 2.28. The molecule has 23 heavy (non-hydrogen) atoms. The Morgan fingerprint density at radius 3 is 2.52 bits per heavy atom. The van der Waals surface area contributed by atoms with E-state index in [4.69, 9.17) is 22.6 Å². The molecule has 2 rings (SSSR count). The number of rotatable bonds is 5. The van der Waals surface area contributed by atoms with E-state index in [9.17, 15) is 8.42 Å². The van der Waals surface area contributed by atoms with E-state index in [-0.39, 0.29) is 40.8 Å². The maximum absolute atomic E-state index is 12.5. The molecule has 8 heteroatoms. The van der Waals surface area contributed by atoms with Crippen molar-refractivity contribution in [3.63, 3.8) is 0 Å². The normalized spacial score (nSPS) is 17.1. The third kappa shape index (κ3) is 5.07. The van der Waals surface area contributed by atoms with Crippen LogP contribution in [0.3, 0.4) is 0 Å². The lowest BCUT2D eigenvalue weighted by molar-refractivity contribution is 0.294. The first kappa shape index (κ1) is 20.2. The number of nitrogens with two attached hydrogens (primary N) is 1. The van der Waals surface area contributed by atoms with E-state index in [0.717, 1.165) is 25.7 Å². The van der Waals surface area contributed by atoms with Gasteiger partial charge in [-0.1, -0.05) is 30.9 Å². The van der Waals surface area contributed by atoms with Crippen molar-refractivity contribution in [3.8, 4) is 6.07 Å². The molecule has 3 N–H and O–H groups in total. The average Bonchev–Trinajstić information content (AvgIpc) is 2.53. The van der Waals surface area contributed by atoms with Crippen LogP contribution in [0.1, 0.15) is 37.7 Å². The molecule has 1 aliphatic rings. The molecular weight excluding hydrogens is 357 g/mol. The largest absolute Gasteiger partial charge is 0.329 e. The van der Waals surface area contributed by atoms with Crippen LogP contribution in [0.2, 0.25) is 5.02 Å². The molecule has 5 nitrogen and oxygen atoms in total. The molecule has 0 amide bonds. The number of hydrogen-bond donors (Lipinski definition) is 2. The zero-order chi connectivity index (χ0) is 16.2. The molecule has 0 aromatic heterocycles. The van der Waals surface area contributed by atoms with Gasteiger partial charge in [0.15, 0.2) is 0 Å². The van der Waals surface area contributed by atoms with E-state index < -0.39 is 10.0 Å². The quantitative estimate of drug-likeness (QED) is 0.824. The van der Waals surface area contributed by atoms with Crippen molar-refractivity contribution < 1.29 is 8.42 Å². The lowest BCUT2D eigenvalue weighted by atomic mass is 9.84. The summed E-state index contributed by atoms with van der Waals surface area (Å²) in [5.74, 6) is 0.269. The number of nitrogens with zero attached hydrogens (tertiary/aromatic N) is 1. The zero-order valence-corrected chi connectivity index (χ0v) is 15.1. The Balaban J connectivity index is 0.00000264. The number of hydrogen-bond acceptors (Lipinski definition) is 4. The highest BCUT2D eigenvalue weighted by Crippen LogP contribution is 2.28. The van der Waals surface area contributed by atoms with Gasteiger partial charge in [0.2, 0.25) is 10.0 Å². The molecule has 1 aromatic carbocycles. The summed E-state index contributed by atoms with van der Waals surface area (Å²) in [5, 5.41) is 8.87. The molecule has 1 aliphatic carbocycles. The van der Waals surface area contributed by atoms with E-state index in [0.29, 0.717) is 5.56 Å². The van der Waals surface area contributed by atoms with Gasteiger partial charge in [-0.3, -0.25) is 0 Å². The van der Waals surface area contributed by atoms with Gasteiger partial charge in [0, 0.05) is 12.6 Å². The van der Waals surface area contributed by atoms with Crippen molar-refractivity contribution in [2.45, 2.75) is 43.0 Å². The molecule has 1 saturated carbocycles. The molecule has 128 valence electrons. The fraction of sp³-hybridized carbons (Fsp3) is 0.533. The second-order valence-corrected chi connectivity index (χ2v) is 7.71. The lowest BCUT2D eigenvalue weighted by Gasteiger charge is -2.29. The van der Waals surface area contributed by atoms with Crippen molar-refractivity contribution in [3.05, 3.63) is 28.8 Å². The molecule has 0 saturated heterocycles. The summed E-state index contributed by atoms with van der Waals surface area (Å²) in [6.07, 6.45) is 5.40. The van der Waals surface area contributed by atoms with Crippen LogP contribution in [-0.4, -0.2) is 21.0 Å². The number of halogens is 2. The molecule has 0 aliphatic heterocycles. The number of nitrogens with one attached hydrogen (secondary N) is 1. The fourth-order valence-corrected chi connectivity index (χ4v) is 4.79. The van der Waals surface area contributed by atoms with Gasteiger partial charge >= 0.3 is 0 Å². The molecule has 1 atom stereocenters. The predicted octanol–water partition coefficient (Wildman–Crippen LogP) is 2.82. The molecular formula is C15H21Cl2N3O2S. The van der Waals surface area contributed by atoms with Crippen molar-refractivity contribution in [1.82, 2.24) is 4.72 Å². The first-order valence-electron chi connectivity index (χ1n) is 7.40. The maximum Gasteiger partial charge on any atom is 0.242 e. The summed E-state index contributed by atoms with van der Waals surface area (Å²) in [7, 11) is -3.75. The first-order valence-corrected chi connectivity index (χ1v) is 9.26. The smallest absolute Gasteiger partial charge is 0.242 e. The van der Waals surface area contributed by atoms with Crippen molar-refractivity contribution >= 4 is 34.0 Å². The zero-order valence-electron chi connectivity index (χ0n) is 12.7. The summed E-state index contributed by atoms with van der Waals surface area (Å²) >= 11 is 6.00. The molecule has 1 fully saturated rings. The molecule has 0 bridgehead atoms. The van der Waals surface area contributed by atoms with Crippen LogP contribution in [0.4, 0.5) is 0 Å². The highest BCUT2D eigenvalue weighted by atomic mass is 35.5. The third-order valence-electron chi connectivity index (χ3n) is 4.13. The molecule has 0 spiro atoms. The Morgan fingerprint density at radius 1 is 1.35 bits per heavy atom. The summed E-state index contributed by atoms with van der Waals surface area (Å²) < 4.78 is 27.7. The van der Waals surface area contributed by atoms with Crippen LogP contribution in [-0.2, 0) is 10.0 Å². The Kier molecular flexibility index (Phi) is 7.78. The average molecular weight is 378 g/mol. The second-order valence-electron chi connectivity index (χ2n) is 5.62. The van der Waals surface area contributed by atoms with Gasteiger partial charge in [0.1, 0.15) is 4.90 Å². The Labute approximate surface area is 148 Å². The van der Waals surface area contributed by atoms with Gasteiger partial charge in [-0.05, 0) is 37.0 Å².